The molecule has 0 aliphatic carbocycles. The summed E-state index contributed by atoms with van der Waals surface area (Å²) >= 11 is 5.76. The quantitative estimate of drug-likeness (QED) is 0.895. The molecule has 2 rings (SSSR count). The molecule has 2 aromatic rings. The van der Waals surface area contributed by atoms with Crippen molar-refractivity contribution in [2.45, 2.75) is 6.54 Å². The zero-order valence-electron chi connectivity index (χ0n) is 9.86. The maximum atomic E-state index is 13.0. The topological polar surface area (TPSA) is 49.3 Å². The lowest BCUT2D eigenvalue weighted by molar-refractivity contribution is 0.0698. The van der Waals surface area contributed by atoms with Crippen LogP contribution < -0.4 is 5.32 Å². The summed E-state index contributed by atoms with van der Waals surface area (Å²) in [6.45, 7) is 0.333. The van der Waals surface area contributed by atoms with Gasteiger partial charge in [0.1, 0.15) is 5.82 Å². The Balaban J connectivity index is 2.17. The van der Waals surface area contributed by atoms with Crippen LogP contribution >= 0.6 is 11.6 Å². The van der Waals surface area contributed by atoms with Crippen molar-refractivity contribution >= 4 is 23.3 Å². The molecule has 0 amide bonds. The van der Waals surface area contributed by atoms with Crippen molar-refractivity contribution < 1.29 is 14.3 Å². The Hall–Kier alpha value is -2.07. The summed E-state index contributed by atoms with van der Waals surface area (Å²) in [5.41, 5.74) is 1.26. The first-order valence-electron chi connectivity index (χ1n) is 5.57. The van der Waals surface area contributed by atoms with E-state index in [4.69, 9.17) is 16.7 Å². The summed E-state index contributed by atoms with van der Waals surface area (Å²) in [7, 11) is 0. The lowest BCUT2D eigenvalue weighted by Gasteiger charge is -2.10. The van der Waals surface area contributed by atoms with Crippen LogP contribution in [0, 0.1) is 5.82 Å². The highest BCUT2D eigenvalue weighted by Crippen LogP contribution is 2.21. The molecule has 0 saturated heterocycles. The molecule has 0 aromatic heterocycles. The minimum atomic E-state index is -1.07. The Labute approximate surface area is 114 Å². The Morgan fingerprint density at radius 3 is 2.74 bits per heavy atom. The van der Waals surface area contributed by atoms with E-state index in [2.05, 4.69) is 5.32 Å². The molecule has 0 aliphatic heterocycles. The SMILES string of the molecule is O=C(O)c1cc(Cl)ccc1NCc1cccc(F)c1. The predicted octanol–water partition coefficient (Wildman–Crippen LogP) is 3.79. The van der Waals surface area contributed by atoms with E-state index in [1.165, 1.54) is 18.2 Å². The molecule has 0 heterocycles. The van der Waals surface area contributed by atoms with E-state index in [0.717, 1.165) is 5.56 Å². The summed E-state index contributed by atoms with van der Waals surface area (Å²) in [6.07, 6.45) is 0. The van der Waals surface area contributed by atoms with Crippen molar-refractivity contribution in [1.82, 2.24) is 0 Å². The average Bonchev–Trinajstić information content (AvgIpc) is 2.37. The molecule has 0 bridgehead atoms. The number of carboxylic acid groups (broad SMARTS) is 1. The number of nitrogens with one attached hydrogen (secondary N) is 1. The highest BCUT2D eigenvalue weighted by molar-refractivity contribution is 6.31. The molecule has 2 N–H and O–H groups in total. The summed E-state index contributed by atoms with van der Waals surface area (Å²) in [6, 6.07) is 10.7. The third-order valence-corrected chi connectivity index (χ3v) is 2.82. The number of halogens is 2. The van der Waals surface area contributed by atoms with Gasteiger partial charge in [0.05, 0.1) is 5.56 Å². The first-order chi connectivity index (χ1) is 9.06. The fraction of sp³-hybridized carbons (Fsp3) is 0.0714. The van der Waals surface area contributed by atoms with Gasteiger partial charge in [0.25, 0.3) is 0 Å². The van der Waals surface area contributed by atoms with Gasteiger partial charge in [0.15, 0.2) is 0 Å². The molecular formula is C14H11ClFNO2. The van der Waals surface area contributed by atoms with Crippen molar-refractivity contribution in [3.05, 3.63) is 64.4 Å². The number of carboxylic acids is 1. The molecule has 5 heteroatoms. The minimum absolute atomic E-state index is 0.0869. The second kappa shape index (κ2) is 5.71. The second-order valence-corrected chi connectivity index (χ2v) is 4.41. The zero-order valence-corrected chi connectivity index (χ0v) is 10.6. The molecule has 0 saturated carbocycles. The number of hydrogen-bond acceptors (Lipinski definition) is 2. The van der Waals surface area contributed by atoms with E-state index >= 15 is 0 Å². The predicted molar refractivity (Wildman–Crippen MR) is 72.1 cm³/mol. The van der Waals surface area contributed by atoms with Crippen LogP contribution in [0.25, 0.3) is 0 Å². The van der Waals surface area contributed by atoms with Gasteiger partial charge >= 0.3 is 5.97 Å². The molecule has 0 atom stereocenters. The fourth-order valence-electron chi connectivity index (χ4n) is 1.69. The highest BCUT2D eigenvalue weighted by Gasteiger charge is 2.10. The number of benzene rings is 2. The average molecular weight is 280 g/mol. The van der Waals surface area contributed by atoms with Crippen molar-refractivity contribution in [3.8, 4) is 0 Å². The number of rotatable bonds is 4. The van der Waals surface area contributed by atoms with E-state index < -0.39 is 5.97 Å². The monoisotopic (exact) mass is 279 g/mol. The molecule has 0 unspecified atom stereocenters. The number of carbonyl (C=O) groups is 1. The van der Waals surface area contributed by atoms with Crippen LogP contribution in [0.5, 0.6) is 0 Å². The van der Waals surface area contributed by atoms with Crippen molar-refractivity contribution in [2.24, 2.45) is 0 Å². The zero-order chi connectivity index (χ0) is 13.8. The molecule has 19 heavy (non-hydrogen) atoms. The van der Waals surface area contributed by atoms with Gasteiger partial charge in [-0.1, -0.05) is 23.7 Å². The van der Waals surface area contributed by atoms with Crippen molar-refractivity contribution in [3.63, 3.8) is 0 Å². The van der Waals surface area contributed by atoms with Crippen molar-refractivity contribution in [2.75, 3.05) is 5.32 Å². The van der Waals surface area contributed by atoms with Gasteiger partial charge < -0.3 is 10.4 Å². The maximum absolute atomic E-state index is 13.0. The Morgan fingerprint density at radius 1 is 1.26 bits per heavy atom. The highest BCUT2D eigenvalue weighted by atomic mass is 35.5. The fourth-order valence-corrected chi connectivity index (χ4v) is 1.86. The van der Waals surface area contributed by atoms with Gasteiger partial charge in [-0.3, -0.25) is 0 Å². The van der Waals surface area contributed by atoms with Gasteiger partial charge in [-0.05, 0) is 35.9 Å². The van der Waals surface area contributed by atoms with Gasteiger partial charge in [-0.25, -0.2) is 9.18 Å². The number of anilines is 1. The van der Waals surface area contributed by atoms with Crippen LogP contribution in [0.4, 0.5) is 10.1 Å². The van der Waals surface area contributed by atoms with Crippen LogP contribution in [0.1, 0.15) is 15.9 Å². The Morgan fingerprint density at radius 2 is 2.05 bits per heavy atom. The van der Waals surface area contributed by atoms with E-state index in [1.807, 2.05) is 0 Å². The molecular weight excluding hydrogens is 269 g/mol. The lowest BCUT2D eigenvalue weighted by atomic mass is 10.1. The normalized spacial score (nSPS) is 10.2. The second-order valence-electron chi connectivity index (χ2n) is 3.98. The molecule has 2 aromatic carbocycles. The summed E-state index contributed by atoms with van der Waals surface area (Å²) in [4.78, 5) is 11.1. The van der Waals surface area contributed by atoms with E-state index in [1.54, 1.807) is 24.3 Å². The van der Waals surface area contributed by atoms with Crippen LogP contribution in [-0.4, -0.2) is 11.1 Å². The minimum Gasteiger partial charge on any atom is -0.478 e. The van der Waals surface area contributed by atoms with Crippen LogP contribution in [0.3, 0.4) is 0 Å². The number of hydrogen-bond donors (Lipinski definition) is 2. The summed E-state index contributed by atoms with van der Waals surface area (Å²) in [5.74, 6) is -1.39. The molecule has 98 valence electrons. The first kappa shape index (κ1) is 13.4. The molecule has 0 aliphatic rings. The van der Waals surface area contributed by atoms with Crippen LogP contribution in [-0.2, 0) is 6.54 Å². The van der Waals surface area contributed by atoms with Crippen LogP contribution in [0.15, 0.2) is 42.5 Å². The van der Waals surface area contributed by atoms with Gasteiger partial charge in [-0.2, -0.15) is 0 Å². The number of aromatic carboxylic acids is 1. The van der Waals surface area contributed by atoms with Gasteiger partial charge in [-0.15, -0.1) is 0 Å². The maximum Gasteiger partial charge on any atom is 0.337 e. The van der Waals surface area contributed by atoms with Gasteiger partial charge in [0, 0.05) is 17.3 Å². The third-order valence-electron chi connectivity index (χ3n) is 2.58. The van der Waals surface area contributed by atoms with E-state index in [0.29, 0.717) is 17.3 Å². The lowest BCUT2D eigenvalue weighted by Crippen LogP contribution is -2.06. The van der Waals surface area contributed by atoms with Crippen LogP contribution in [0.2, 0.25) is 5.02 Å². The Kier molecular flexibility index (Phi) is 4.02. The van der Waals surface area contributed by atoms with E-state index in [-0.39, 0.29) is 11.4 Å². The summed E-state index contributed by atoms with van der Waals surface area (Å²) < 4.78 is 13.0. The van der Waals surface area contributed by atoms with Crippen molar-refractivity contribution in [1.29, 1.82) is 0 Å². The largest absolute Gasteiger partial charge is 0.478 e. The smallest absolute Gasteiger partial charge is 0.337 e. The standard InChI is InChI=1S/C14H11ClFNO2/c15-10-4-5-13(12(7-10)14(18)19)17-8-9-2-1-3-11(16)6-9/h1-7,17H,8H2,(H,18,19). The molecule has 3 nitrogen and oxygen atoms in total. The Bertz CT molecular complexity index is 616. The first-order valence-corrected chi connectivity index (χ1v) is 5.95. The molecule has 0 fully saturated rings. The van der Waals surface area contributed by atoms with Gasteiger partial charge in [0.2, 0.25) is 0 Å². The molecule has 0 spiro atoms. The molecule has 0 radical (unpaired) electrons. The summed E-state index contributed by atoms with van der Waals surface area (Å²) in [5, 5.41) is 12.4. The third kappa shape index (κ3) is 3.45. The van der Waals surface area contributed by atoms with E-state index in [9.17, 15) is 9.18 Å².